The number of halogens is 1. The molecule has 3 aromatic rings. The largest absolute Gasteiger partial charge is 0.478 e. The van der Waals surface area contributed by atoms with Gasteiger partial charge in [-0.2, -0.15) is 0 Å². The minimum absolute atomic E-state index is 0.0357. The van der Waals surface area contributed by atoms with Gasteiger partial charge in [-0.3, -0.25) is 4.40 Å². The van der Waals surface area contributed by atoms with Gasteiger partial charge in [0, 0.05) is 6.20 Å². The zero-order chi connectivity index (χ0) is 15.9. The van der Waals surface area contributed by atoms with Crippen molar-refractivity contribution in [2.24, 2.45) is 0 Å². The van der Waals surface area contributed by atoms with Crippen molar-refractivity contribution in [3.8, 4) is 11.4 Å². The van der Waals surface area contributed by atoms with Crippen LogP contribution in [-0.2, 0) is 0 Å². The van der Waals surface area contributed by atoms with E-state index in [-0.39, 0.29) is 28.2 Å². The molecule has 0 aliphatic rings. The predicted molar refractivity (Wildman–Crippen MR) is 74.5 cm³/mol. The molecule has 0 atom stereocenters. The number of nitrogens with zero attached hydrogens (tertiary/aromatic N) is 2. The van der Waals surface area contributed by atoms with Gasteiger partial charge in [-0.1, -0.05) is 12.1 Å². The van der Waals surface area contributed by atoms with Crippen molar-refractivity contribution in [2.45, 2.75) is 0 Å². The fourth-order valence-electron chi connectivity index (χ4n) is 2.20. The molecule has 0 aliphatic heterocycles. The van der Waals surface area contributed by atoms with Gasteiger partial charge in [-0.25, -0.2) is 19.0 Å². The average Bonchev–Trinajstić information content (AvgIpc) is 2.86. The van der Waals surface area contributed by atoms with Crippen LogP contribution in [0.5, 0.6) is 0 Å². The van der Waals surface area contributed by atoms with Gasteiger partial charge in [-0.05, 0) is 24.3 Å². The Hall–Kier alpha value is -3.22. The normalized spacial score (nSPS) is 10.8. The van der Waals surface area contributed by atoms with Gasteiger partial charge in [0.25, 0.3) is 0 Å². The number of hydrogen-bond acceptors (Lipinski definition) is 3. The molecule has 2 N–H and O–H groups in total. The first-order valence-electron chi connectivity index (χ1n) is 6.22. The number of fused-ring (bicyclic) bond motifs is 1. The van der Waals surface area contributed by atoms with Gasteiger partial charge in [0.1, 0.15) is 11.6 Å². The molecule has 0 spiro atoms. The minimum atomic E-state index is -1.27. The molecule has 1 aromatic carbocycles. The molecule has 0 radical (unpaired) electrons. The maximum atomic E-state index is 14.0. The Morgan fingerprint density at radius 3 is 2.41 bits per heavy atom. The van der Waals surface area contributed by atoms with Crippen LogP contribution in [0, 0.1) is 5.82 Å². The number of carbonyl (C=O) groups is 2. The summed E-state index contributed by atoms with van der Waals surface area (Å²) in [4.78, 5) is 26.3. The fraction of sp³-hybridized carbons (Fsp3) is 0. The number of rotatable bonds is 3. The topological polar surface area (TPSA) is 91.9 Å². The smallest absolute Gasteiger partial charge is 0.356 e. The Bertz CT molecular complexity index is 917. The summed E-state index contributed by atoms with van der Waals surface area (Å²) in [6, 6.07) is 8.36. The number of hydrogen-bond donors (Lipinski definition) is 2. The van der Waals surface area contributed by atoms with E-state index in [1.54, 1.807) is 6.07 Å². The summed E-state index contributed by atoms with van der Waals surface area (Å²) in [6.45, 7) is 0. The van der Waals surface area contributed by atoms with Gasteiger partial charge >= 0.3 is 11.9 Å². The first kappa shape index (κ1) is 13.7. The van der Waals surface area contributed by atoms with Crippen LogP contribution in [0.1, 0.15) is 20.8 Å². The van der Waals surface area contributed by atoms with E-state index in [1.165, 1.54) is 40.9 Å². The lowest BCUT2D eigenvalue weighted by Gasteiger charge is -2.03. The van der Waals surface area contributed by atoms with E-state index in [9.17, 15) is 19.1 Å². The van der Waals surface area contributed by atoms with E-state index >= 15 is 0 Å². The van der Waals surface area contributed by atoms with Crippen molar-refractivity contribution in [3.05, 3.63) is 59.7 Å². The summed E-state index contributed by atoms with van der Waals surface area (Å²) in [7, 11) is 0. The maximum Gasteiger partial charge on any atom is 0.356 e. The Labute approximate surface area is 123 Å². The molecule has 7 heteroatoms. The van der Waals surface area contributed by atoms with Crippen LogP contribution in [-0.4, -0.2) is 31.5 Å². The number of carboxylic acid groups (broad SMARTS) is 2. The third kappa shape index (κ3) is 2.08. The molecule has 0 unspecified atom stereocenters. The third-order valence-corrected chi connectivity index (χ3v) is 3.20. The highest BCUT2D eigenvalue weighted by Crippen LogP contribution is 2.25. The Morgan fingerprint density at radius 2 is 1.77 bits per heavy atom. The highest BCUT2D eigenvalue weighted by molar-refractivity contribution is 5.96. The van der Waals surface area contributed by atoms with E-state index < -0.39 is 17.8 Å². The highest BCUT2D eigenvalue weighted by atomic mass is 19.1. The Balaban J connectivity index is 2.38. The maximum absolute atomic E-state index is 14.0. The van der Waals surface area contributed by atoms with Gasteiger partial charge in [0.15, 0.2) is 5.69 Å². The summed E-state index contributed by atoms with van der Waals surface area (Å²) in [5.41, 5.74) is -0.0436. The zero-order valence-electron chi connectivity index (χ0n) is 11.0. The van der Waals surface area contributed by atoms with Crippen LogP contribution in [0.25, 0.3) is 16.9 Å². The van der Waals surface area contributed by atoms with Gasteiger partial charge in [-0.15, -0.1) is 0 Å². The van der Waals surface area contributed by atoms with E-state index in [2.05, 4.69) is 4.98 Å². The van der Waals surface area contributed by atoms with Gasteiger partial charge < -0.3 is 10.2 Å². The van der Waals surface area contributed by atoms with Crippen LogP contribution in [0.2, 0.25) is 0 Å². The van der Waals surface area contributed by atoms with Crippen LogP contribution >= 0.6 is 0 Å². The van der Waals surface area contributed by atoms with E-state index in [1.807, 2.05) is 0 Å². The third-order valence-electron chi connectivity index (χ3n) is 3.20. The van der Waals surface area contributed by atoms with Crippen molar-refractivity contribution in [3.63, 3.8) is 0 Å². The highest BCUT2D eigenvalue weighted by Gasteiger charge is 2.20. The molecule has 6 nitrogen and oxygen atoms in total. The quantitative estimate of drug-likeness (QED) is 0.775. The van der Waals surface area contributed by atoms with Crippen molar-refractivity contribution < 1.29 is 24.2 Å². The van der Waals surface area contributed by atoms with Crippen molar-refractivity contribution in [2.75, 3.05) is 0 Å². The molecule has 0 saturated carbocycles. The second-order valence-electron chi connectivity index (χ2n) is 4.55. The van der Waals surface area contributed by atoms with Crippen LogP contribution in [0.4, 0.5) is 4.39 Å². The minimum Gasteiger partial charge on any atom is -0.478 e. The molecule has 0 fully saturated rings. The van der Waals surface area contributed by atoms with Crippen molar-refractivity contribution in [1.82, 2.24) is 9.38 Å². The summed E-state index contributed by atoms with van der Waals surface area (Å²) in [5, 5.41) is 18.3. The monoisotopic (exact) mass is 300 g/mol. The van der Waals surface area contributed by atoms with Gasteiger partial charge in [0.05, 0.1) is 16.6 Å². The first-order chi connectivity index (χ1) is 10.5. The summed E-state index contributed by atoms with van der Waals surface area (Å²) in [6.07, 6.45) is 1.22. The zero-order valence-corrected chi connectivity index (χ0v) is 11.0. The molecule has 22 heavy (non-hydrogen) atoms. The Kier molecular flexibility index (Phi) is 3.10. The lowest BCUT2D eigenvalue weighted by Crippen LogP contribution is -2.01. The molecule has 110 valence electrons. The number of imidazole rings is 1. The fourth-order valence-corrected chi connectivity index (χ4v) is 2.20. The molecular weight excluding hydrogens is 291 g/mol. The molecular formula is C15H9FN2O4. The molecule has 0 saturated heterocycles. The first-order valence-corrected chi connectivity index (χ1v) is 6.22. The molecule has 3 rings (SSSR count). The van der Waals surface area contributed by atoms with Crippen molar-refractivity contribution >= 4 is 17.5 Å². The number of benzene rings is 1. The molecule has 2 aromatic heterocycles. The van der Waals surface area contributed by atoms with E-state index in [0.29, 0.717) is 0 Å². The number of pyridine rings is 1. The van der Waals surface area contributed by atoms with Crippen LogP contribution in [0.15, 0.2) is 42.6 Å². The summed E-state index contributed by atoms with van der Waals surface area (Å²) < 4.78 is 15.2. The Morgan fingerprint density at radius 1 is 1.05 bits per heavy atom. The van der Waals surface area contributed by atoms with Crippen LogP contribution < -0.4 is 0 Å². The van der Waals surface area contributed by atoms with Gasteiger partial charge in [0.2, 0.25) is 0 Å². The van der Waals surface area contributed by atoms with E-state index in [4.69, 9.17) is 5.11 Å². The second-order valence-corrected chi connectivity index (χ2v) is 4.55. The lowest BCUT2D eigenvalue weighted by molar-refractivity contribution is 0.0685. The lowest BCUT2D eigenvalue weighted by atomic mass is 10.2. The second kappa shape index (κ2) is 4.96. The SMILES string of the molecule is O=C(O)c1ccc2c(C(=O)O)nc(-c3ccccc3F)n2c1. The molecule has 0 bridgehead atoms. The number of aromatic nitrogens is 2. The standard InChI is InChI=1S/C15H9FN2O4/c16-10-4-2-1-3-9(10)13-17-12(15(21)22)11-6-5-8(14(19)20)7-18(11)13/h1-7H,(H,19,20)(H,21,22). The summed E-state index contributed by atoms with van der Waals surface area (Å²) >= 11 is 0. The average molecular weight is 300 g/mol. The molecule has 0 amide bonds. The number of carboxylic acids is 2. The summed E-state index contributed by atoms with van der Waals surface area (Å²) in [5.74, 6) is -2.99. The van der Waals surface area contributed by atoms with Crippen molar-refractivity contribution in [1.29, 1.82) is 0 Å². The number of aromatic carboxylic acids is 2. The predicted octanol–water partition coefficient (Wildman–Crippen LogP) is 2.54. The van der Waals surface area contributed by atoms with E-state index in [0.717, 1.165) is 0 Å². The molecule has 2 heterocycles. The molecule has 0 aliphatic carbocycles. The van der Waals surface area contributed by atoms with Crippen LogP contribution in [0.3, 0.4) is 0 Å².